The van der Waals surface area contributed by atoms with Gasteiger partial charge in [-0.05, 0) is 0 Å². The molecule has 7 heavy (non-hydrogen) atoms. The molecule has 0 aliphatic carbocycles. The van der Waals surface area contributed by atoms with E-state index < -0.39 is 0 Å². The summed E-state index contributed by atoms with van der Waals surface area (Å²) in [5.74, 6) is 0. The smallest absolute Gasteiger partial charge is 0.0230 e. The minimum absolute atomic E-state index is 1.09. The summed E-state index contributed by atoms with van der Waals surface area (Å²) < 4.78 is 0. The summed E-state index contributed by atoms with van der Waals surface area (Å²) in [6.45, 7) is 4.85. The highest BCUT2D eigenvalue weighted by molar-refractivity contribution is 4.94. The van der Waals surface area contributed by atoms with Gasteiger partial charge in [-0.3, -0.25) is 0 Å². The Morgan fingerprint density at radius 3 is 2.71 bits per heavy atom. The van der Waals surface area contributed by atoms with Gasteiger partial charge in [-0.1, -0.05) is 6.58 Å². The van der Waals surface area contributed by atoms with Crippen molar-refractivity contribution in [2.45, 2.75) is 6.42 Å². The fraction of sp³-hybridized carbons (Fsp3) is 0.600. The molecule has 2 nitrogen and oxygen atoms in total. The van der Waals surface area contributed by atoms with Gasteiger partial charge in [0.05, 0.1) is 0 Å². The Kier molecular flexibility index (Phi) is 1.02. The monoisotopic (exact) mass is 98.1 g/mol. The van der Waals surface area contributed by atoms with Crippen LogP contribution in [0.25, 0.3) is 0 Å². The third-order valence-electron chi connectivity index (χ3n) is 1.10. The summed E-state index contributed by atoms with van der Waals surface area (Å²) in [6.07, 6.45) is 1.09. The average molecular weight is 98.1 g/mol. The predicted octanol–water partition coefficient (Wildman–Crippen LogP) is 0.340. The van der Waals surface area contributed by atoms with Crippen molar-refractivity contribution in [1.82, 2.24) is 10.4 Å². The highest BCUT2D eigenvalue weighted by atomic mass is 15.5. The van der Waals surface area contributed by atoms with E-state index in [4.69, 9.17) is 0 Å². The topological polar surface area (TPSA) is 15.3 Å². The zero-order chi connectivity index (χ0) is 5.28. The molecule has 1 fully saturated rings. The third kappa shape index (κ3) is 0.933. The molecule has 1 N–H and O–H groups in total. The molecule has 1 aliphatic heterocycles. The molecule has 0 aromatic rings. The van der Waals surface area contributed by atoms with Gasteiger partial charge in [0.2, 0.25) is 0 Å². The fourth-order valence-corrected chi connectivity index (χ4v) is 0.684. The Morgan fingerprint density at radius 1 is 1.86 bits per heavy atom. The molecule has 0 saturated carbocycles. The summed E-state index contributed by atoms with van der Waals surface area (Å²) in [5.41, 5.74) is 4.18. The molecule has 1 rings (SSSR count). The molecule has 0 bridgehead atoms. The summed E-state index contributed by atoms with van der Waals surface area (Å²) in [6, 6.07) is 0. The van der Waals surface area contributed by atoms with E-state index in [1.165, 1.54) is 0 Å². The minimum Gasteiger partial charge on any atom is -0.324 e. The summed E-state index contributed by atoms with van der Waals surface area (Å²) in [5, 5.41) is 2.03. The van der Waals surface area contributed by atoms with E-state index in [-0.39, 0.29) is 0 Å². The first-order chi connectivity index (χ1) is 3.29. The third-order valence-corrected chi connectivity index (χ3v) is 1.10. The Labute approximate surface area is 43.8 Å². The van der Waals surface area contributed by atoms with Crippen LogP contribution in [0, 0.1) is 0 Å². The van der Waals surface area contributed by atoms with Crippen molar-refractivity contribution < 1.29 is 0 Å². The number of nitrogens with zero attached hydrogens (tertiary/aromatic N) is 1. The van der Waals surface area contributed by atoms with E-state index >= 15 is 0 Å². The van der Waals surface area contributed by atoms with Gasteiger partial charge in [0, 0.05) is 25.7 Å². The van der Waals surface area contributed by atoms with Crippen molar-refractivity contribution in [3.63, 3.8) is 0 Å². The molecule has 0 aromatic heterocycles. The second kappa shape index (κ2) is 1.54. The molecule has 0 spiro atoms. The fourth-order valence-electron chi connectivity index (χ4n) is 0.684. The Hall–Kier alpha value is -0.500. The normalized spacial score (nSPS) is 22.7. The van der Waals surface area contributed by atoms with Crippen LogP contribution in [0.2, 0.25) is 0 Å². The van der Waals surface area contributed by atoms with E-state index in [1.807, 2.05) is 12.1 Å². The average Bonchev–Trinajstić information content (AvgIpc) is 1.87. The van der Waals surface area contributed by atoms with Gasteiger partial charge in [0.1, 0.15) is 0 Å². The van der Waals surface area contributed by atoms with Crippen LogP contribution >= 0.6 is 0 Å². The molecule has 40 valence electrons. The van der Waals surface area contributed by atoms with E-state index in [1.54, 1.807) is 0 Å². The molecule has 1 saturated heterocycles. The first-order valence-electron chi connectivity index (χ1n) is 2.44. The Bertz CT molecular complexity index is 88.1. The SMILES string of the molecule is C=C1CCN(C)N1. The maximum Gasteiger partial charge on any atom is 0.0230 e. The van der Waals surface area contributed by atoms with Crippen molar-refractivity contribution in [1.29, 1.82) is 0 Å². The van der Waals surface area contributed by atoms with Crippen LogP contribution in [0.4, 0.5) is 0 Å². The molecule has 1 heterocycles. The molecule has 2 heteroatoms. The lowest BCUT2D eigenvalue weighted by atomic mass is 10.4. The number of hydrogen-bond donors (Lipinski definition) is 1. The maximum absolute atomic E-state index is 3.75. The lowest BCUT2D eigenvalue weighted by Gasteiger charge is -2.05. The van der Waals surface area contributed by atoms with Gasteiger partial charge in [-0.25, -0.2) is 5.01 Å². The molecular weight excluding hydrogens is 88.1 g/mol. The standard InChI is InChI=1S/C5H10N2/c1-5-3-4-7(2)6-5/h6H,1,3-4H2,2H3. The summed E-state index contributed by atoms with van der Waals surface area (Å²) >= 11 is 0. The van der Waals surface area contributed by atoms with E-state index in [9.17, 15) is 0 Å². The van der Waals surface area contributed by atoms with Crippen LogP contribution in [0.1, 0.15) is 6.42 Å². The molecule has 0 unspecified atom stereocenters. The van der Waals surface area contributed by atoms with Crippen LogP contribution in [-0.4, -0.2) is 18.6 Å². The number of rotatable bonds is 0. The van der Waals surface area contributed by atoms with Crippen LogP contribution in [-0.2, 0) is 0 Å². The molecule has 0 aromatic carbocycles. The van der Waals surface area contributed by atoms with E-state index in [0.29, 0.717) is 0 Å². The second-order valence-corrected chi connectivity index (χ2v) is 1.89. The van der Waals surface area contributed by atoms with Gasteiger partial charge >= 0.3 is 0 Å². The number of nitrogens with one attached hydrogen (secondary N) is 1. The molecule has 0 atom stereocenters. The molecule has 0 amide bonds. The van der Waals surface area contributed by atoms with Crippen molar-refractivity contribution >= 4 is 0 Å². The van der Waals surface area contributed by atoms with Crippen LogP contribution in [0.3, 0.4) is 0 Å². The van der Waals surface area contributed by atoms with E-state index in [2.05, 4.69) is 12.0 Å². The lowest BCUT2D eigenvalue weighted by Crippen LogP contribution is -2.24. The molecule has 0 radical (unpaired) electrons. The van der Waals surface area contributed by atoms with Crippen LogP contribution in [0.15, 0.2) is 12.3 Å². The lowest BCUT2D eigenvalue weighted by molar-refractivity contribution is 0.328. The second-order valence-electron chi connectivity index (χ2n) is 1.89. The van der Waals surface area contributed by atoms with Gasteiger partial charge in [0.25, 0.3) is 0 Å². The minimum atomic E-state index is 1.09. The number of hydrazine groups is 1. The highest BCUT2D eigenvalue weighted by Gasteiger charge is 2.06. The predicted molar refractivity (Wildman–Crippen MR) is 29.5 cm³/mol. The zero-order valence-corrected chi connectivity index (χ0v) is 4.57. The summed E-state index contributed by atoms with van der Waals surface area (Å²) in [7, 11) is 2.01. The molecular formula is C5H10N2. The Balaban J connectivity index is 2.40. The van der Waals surface area contributed by atoms with Crippen molar-refractivity contribution in [3.8, 4) is 0 Å². The van der Waals surface area contributed by atoms with Gasteiger partial charge in [-0.15, -0.1) is 0 Å². The van der Waals surface area contributed by atoms with Crippen molar-refractivity contribution in [3.05, 3.63) is 12.3 Å². The van der Waals surface area contributed by atoms with Crippen molar-refractivity contribution in [2.24, 2.45) is 0 Å². The quantitative estimate of drug-likeness (QED) is 0.470. The zero-order valence-electron chi connectivity index (χ0n) is 4.57. The Morgan fingerprint density at radius 2 is 2.57 bits per heavy atom. The largest absolute Gasteiger partial charge is 0.324 e. The summed E-state index contributed by atoms with van der Waals surface area (Å²) in [4.78, 5) is 0. The van der Waals surface area contributed by atoms with E-state index in [0.717, 1.165) is 18.7 Å². The van der Waals surface area contributed by atoms with Crippen LogP contribution < -0.4 is 5.43 Å². The molecule has 1 aliphatic rings. The van der Waals surface area contributed by atoms with Gasteiger partial charge < -0.3 is 5.43 Å². The van der Waals surface area contributed by atoms with Crippen LogP contribution in [0.5, 0.6) is 0 Å². The maximum atomic E-state index is 3.75. The van der Waals surface area contributed by atoms with Crippen molar-refractivity contribution in [2.75, 3.05) is 13.6 Å². The first-order valence-corrected chi connectivity index (χ1v) is 2.44. The van der Waals surface area contributed by atoms with Gasteiger partial charge in [0.15, 0.2) is 0 Å². The highest BCUT2D eigenvalue weighted by Crippen LogP contribution is 2.01. The van der Waals surface area contributed by atoms with Gasteiger partial charge in [-0.2, -0.15) is 0 Å². The first kappa shape index (κ1) is 4.65. The number of hydrogen-bond acceptors (Lipinski definition) is 2.